The van der Waals surface area contributed by atoms with Crippen molar-refractivity contribution in [2.45, 2.75) is 23.8 Å². The Morgan fingerprint density at radius 3 is 2.33 bits per heavy atom. The number of amides is 2. The number of halogens is 1. The van der Waals surface area contributed by atoms with Gasteiger partial charge in [0.25, 0.3) is 0 Å². The minimum Gasteiger partial charge on any atom is -0.497 e. The number of sulfonamides is 1. The lowest BCUT2D eigenvalue weighted by molar-refractivity contribution is 0.193. The van der Waals surface area contributed by atoms with Gasteiger partial charge in [-0.3, -0.25) is 0 Å². The lowest BCUT2D eigenvalue weighted by Crippen LogP contribution is -2.47. The number of carbonyl (C=O) groups is 1. The summed E-state index contributed by atoms with van der Waals surface area (Å²) in [6.07, 6.45) is 1.03. The Morgan fingerprint density at radius 1 is 1.07 bits per heavy atom. The average molecular weight is 454 g/mol. The first kappa shape index (κ1) is 22.2. The van der Waals surface area contributed by atoms with Crippen LogP contribution in [-0.4, -0.2) is 52.7 Å². The van der Waals surface area contributed by atoms with Crippen LogP contribution in [0.1, 0.15) is 12.8 Å². The molecule has 10 heteroatoms. The maximum absolute atomic E-state index is 12.6. The molecular formula is C20H24ClN3O5S. The van der Waals surface area contributed by atoms with Gasteiger partial charge in [-0.15, -0.1) is 0 Å². The highest BCUT2D eigenvalue weighted by Gasteiger charge is 2.27. The predicted molar refractivity (Wildman–Crippen MR) is 115 cm³/mol. The van der Waals surface area contributed by atoms with Gasteiger partial charge in [0.05, 0.1) is 24.8 Å². The van der Waals surface area contributed by atoms with Crippen LogP contribution in [0.25, 0.3) is 0 Å². The molecule has 1 heterocycles. The summed E-state index contributed by atoms with van der Waals surface area (Å²) in [5, 5.41) is 3.31. The first-order valence-electron chi connectivity index (χ1n) is 9.38. The molecule has 1 aliphatic rings. The Balaban J connectivity index is 1.56. The van der Waals surface area contributed by atoms with Crippen LogP contribution in [-0.2, 0) is 10.0 Å². The molecule has 2 aromatic carbocycles. The number of nitrogens with zero attached hydrogens (tertiary/aromatic N) is 1. The van der Waals surface area contributed by atoms with Crippen LogP contribution < -0.4 is 19.5 Å². The molecule has 0 aliphatic carbocycles. The van der Waals surface area contributed by atoms with Gasteiger partial charge in [0, 0.05) is 30.2 Å². The number of methoxy groups -OCH3 is 2. The third kappa shape index (κ3) is 5.35. The fraction of sp³-hybridized carbons (Fsp3) is 0.350. The largest absolute Gasteiger partial charge is 0.497 e. The zero-order valence-electron chi connectivity index (χ0n) is 16.7. The highest BCUT2D eigenvalue weighted by Crippen LogP contribution is 2.29. The number of rotatable bonds is 6. The Labute approximate surface area is 181 Å². The molecule has 162 valence electrons. The summed E-state index contributed by atoms with van der Waals surface area (Å²) in [7, 11) is -0.564. The number of nitrogens with one attached hydrogen (secondary N) is 2. The van der Waals surface area contributed by atoms with E-state index in [1.165, 1.54) is 31.4 Å². The Morgan fingerprint density at radius 2 is 1.73 bits per heavy atom. The molecule has 0 unspecified atom stereocenters. The summed E-state index contributed by atoms with van der Waals surface area (Å²) < 4.78 is 38.2. The number of hydrogen-bond donors (Lipinski definition) is 2. The quantitative estimate of drug-likeness (QED) is 0.699. The van der Waals surface area contributed by atoms with Gasteiger partial charge < -0.3 is 19.7 Å². The summed E-state index contributed by atoms with van der Waals surface area (Å²) in [6.45, 7) is 0.857. The number of likely N-dealkylation sites (tertiary alicyclic amines) is 1. The second-order valence-electron chi connectivity index (χ2n) is 6.83. The van der Waals surface area contributed by atoms with E-state index in [1.807, 2.05) is 0 Å². The maximum atomic E-state index is 12.6. The van der Waals surface area contributed by atoms with E-state index in [0.29, 0.717) is 48.1 Å². The summed E-state index contributed by atoms with van der Waals surface area (Å²) >= 11 is 5.82. The van der Waals surface area contributed by atoms with Crippen LogP contribution in [0, 0.1) is 0 Å². The van der Waals surface area contributed by atoms with Crippen LogP contribution in [0.5, 0.6) is 11.5 Å². The number of carbonyl (C=O) groups excluding carboxylic acids is 1. The lowest BCUT2D eigenvalue weighted by atomic mass is 10.1. The van der Waals surface area contributed by atoms with Crippen LogP contribution in [0.4, 0.5) is 10.5 Å². The molecule has 2 N–H and O–H groups in total. The molecule has 1 aliphatic heterocycles. The Bertz CT molecular complexity index is 990. The van der Waals surface area contributed by atoms with Crippen molar-refractivity contribution < 1.29 is 22.7 Å². The number of piperidine rings is 1. The summed E-state index contributed by atoms with van der Waals surface area (Å²) in [5.74, 6) is 1.12. The molecule has 2 amide bonds. The number of hydrogen-bond acceptors (Lipinski definition) is 5. The van der Waals surface area contributed by atoms with E-state index in [1.54, 1.807) is 30.2 Å². The van der Waals surface area contributed by atoms with Gasteiger partial charge in [-0.25, -0.2) is 17.9 Å². The SMILES string of the molecule is COc1ccc(NC(=O)N2CCC(NS(=O)(=O)c3ccc(Cl)cc3)CC2)c(OC)c1. The average Bonchev–Trinajstić information content (AvgIpc) is 2.74. The van der Waals surface area contributed by atoms with Gasteiger partial charge >= 0.3 is 6.03 Å². The monoisotopic (exact) mass is 453 g/mol. The molecule has 0 saturated carbocycles. The topological polar surface area (TPSA) is 97.0 Å². The normalized spacial score (nSPS) is 15.0. The van der Waals surface area contributed by atoms with Crippen LogP contribution in [0.2, 0.25) is 5.02 Å². The molecule has 1 fully saturated rings. The smallest absolute Gasteiger partial charge is 0.321 e. The Kier molecular flexibility index (Phi) is 7.06. The summed E-state index contributed by atoms with van der Waals surface area (Å²) in [5.41, 5.74) is 0.536. The van der Waals surface area contributed by atoms with Crippen molar-refractivity contribution in [2.75, 3.05) is 32.6 Å². The van der Waals surface area contributed by atoms with E-state index in [4.69, 9.17) is 21.1 Å². The van der Waals surface area contributed by atoms with Crippen molar-refractivity contribution in [2.24, 2.45) is 0 Å². The standard InChI is InChI=1S/C20H24ClN3O5S/c1-28-16-5-8-18(19(13-16)29-2)22-20(25)24-11-9-15(10-12-24)23-30(26,27)17-6-3-14(21)4-7-17/h3-8,13,15,23H,9-12H2,1-2H3,(H,22,25). The number of ether oxygens (including phenoxy) is 2. The van der Waals surface area contributed by atoms with Crippen molar-refractivity contribution >= 4 is 33.3 Å². The number of urea groups is 1. The maximum Gasteiger partial charge on any atom is 0.321 e. The third-order valence-corrected chi connectivity index (χ3v) is 6.67. The molecule has 0 spiro atoms. The fourth-order valence-electron chi connectivity index (χ4n) is 3.20. The van der Waals surface area contributed by atoms with Gasteiger partial charge in [-0.2, -0.15) is 0 Å². The second-order valence-corrected chi connectivity index (χ2v) is 8.98. The molecule has 3 rings (SSSR count). The zero-order chi connectivity index (χ0) is 21.7. The van der Waals surface area contributed by atoms with Gasteiger partial charge in [0.1, 0.15) is 11.5 Å². The minimum absolute atomic E-state index is 0.165. The summed E-state index contributed by atoms with van der Waals surface area (Å²) in [4.78, 5) is 14.4. The van der Waals surface area contributed by atoms with E-state index in [0.717, 1.165) is 0 Å². The highest BCUT2D eigenvalue weighted by molar-refractivity contribution is 7.89. The van der Waals surface area contributed by atoms with E-state index in [-0.39, 0.29) is 17.0 Å². The van der Waals surface area contributed by atoms with E-state index in [2.05, 4.69) is 10.0 Å². The number of benzene rings is 2. The molecule has 0 atom stereocenters. The van der Waals surface area contributed by atoms with Crippen LogP contribution in [0.15, 0.2) is 47.4 Å². The molecule has 8 nitrogen and oxygen atoms in total. The van der Waals surface area contributed by atoms with Crippen molar-refractivity contribution in [3.63, 3.8) is 0 Å². The van der Waals surface area contributed by atoms with Crippen molar-refractivity contribution in [1.82, 2.24) is 9.62 Å². The van der Waals surface area contributed by atoms with Crippen LogP contribution >= 0.6 is 11.6 Å². The lowest BCUT2D eigenvalue weighted by Gasteiger charge is -2.32. The zero-order valence-corrected chi connectivity index (χ0v) is 18.3. The van der Waals surface area contributed by atoms with E-state index >= 15 is 0 Å². The molecule has 0 bridgehead atoms. The molecule has 0 aromatic heterocycles. The second kappa shape index (κ2) is 9.55. The predicted octanol–water partition coefficient (Wildman–Crippen LogP) is 3.33. The minimum atomic E-state index is -3.63. The molecule has 0 radical (unpaired) electrons. The molecule has 30 heavy (non-hydrogen) atoms. The van der Waals surface area contributed by atoms with Gasteiger partial charge in [0.2, 0.25) is 10.0 Å². The van der Waals surface area contributed by atoms with Crippen molar-refractivity contribution in [3.8, 4) is 11.5 Å². The molecular weight excluding hydrogens is 430 g/mol. The molecule has 2 aromatic rings. The third-order valence-electron chi connectivity index (χ3n) is 4.88. The van der Waals surface area contributed by atoms with E-state index in [9.17, 15) is 13.2 Å². The van der Waals surface area contributed by atoms with Gasteiger partial charge in [0.15, 0.2) is 0 Å². The van der Waals surface area contributed by atoms with Crippen LogP contribution in [0.3, 0.4) is 0 Å². The van der Waals surface area contributed by atoms with Gasteiger partial charge in [-0.05, 0) is 49.2 Å². The highest BCUT2D eigenvalue weighted by atomic mass is 35.5. The first-order chi connectivity index (χ1) is 14.3. The van der Waals surface area contributed by atoms with Crippen molar-refractivity contribution in [1.29, 1.82) is 0 Å². The summed E-state index contributed by atoms with van der Waals surface area (Å²) in [6, 6.07) is 10.6. The van der Waals surface area contributed by atoms with E-state index < -0.39 is 10.0 Å². The number of anilines is 1. The van der Waals surface area contributed by atoms with Gasteiger partial charge in [-0.1, -0.05) is 11.6 Å². The first-order valence-corrected chi connectivity index (χ1v) is 11.2. The Hall–Kier alpha value is -2.49. The molecule has 1 saturated heterocycles. The van der Waals surface area contributed by atoms with Crippen molar-refractivity contribution in [3.05, 3.63) is 47.5 Å². The fourth-order valence-corrected chi connectivity index (χ4v) is 4.63.